The number of sulfonamides is 1. The number of rotatable bonds is 18. The highest BCUT2D eigenvalue weighted by molar-refractivity contribution is 7.89. The van der Waals surface area contributed by atoms with Gasteiger partial charge >= 0.3 is 0 Å². The number of ether oxygens (including phenoxy) is 2. The van der Waals surface area contributed by atoms with E-state index < -0.39 is 79.9 Å². The molecule has 0 bridgehead atoms. The van der Waals surface area contributed by atoms with Crippen molar-refractivity contribution in [3.63, 3.8) is 0 Å². The van der Waals surface area contributed by atoms with Gasteiger partial charge in [-0.05, 0) is 110 Å². The van der Waals surface area contributed by atoms with Gasteiger partial charge in [-0.25, -0.2) is 30.7 Å². The van der Waals surface area contributed by atoms with Crippen molar-refractivity contribution < 1.29 is 49.6 Å². The van der Waals surface area contributed by atoms with E-state index in [2.05, 4.69) is 29.2 Å². The van der Waals surface area contributed by atoms with Crippen LogP contribution in [0.15, 0.2) is 104 Å². The third-order valence-corrected chi connectivity index (χ3v) is 12.0. The Morgan fingerprint density at radius 3 is 1.48 bits per heavy atom. The monoisotopic (exact) mass is 942 g/mol. The molecule has 17 nitrogen and oxygen atoms in total. The lowest BCUT2D eigenvalue weighted by Gasteiger charge is -2.34. The van der Waals surface area contributed by atoms with Crippen LogP contribution in [0.3, 0.4) is 0 Å². The lowest BCUT2D eigenvalue weighted by atomic mass is 10.1. The Balaban J connectivity index is 1.01. The Kier molecular flexibility index (Phi) is 17.2. The topological polar surface area (TPSA) is 269 Å². The van der Waals surface area contributed by atoms with Gasteiger partial charge in [-0.1, -0.05) is 0 Å². The second-order valence-corrected chi connectivity index (χ2v) is 17.4. The zero-order valence-corrected chi connectivity index (χ0v) is 36.7. The molecule has 4 aromatic rings. The van der Waals surface area contributed by atoms with E-state index in [1.54, 1.807) is 0 Å². The van der Waals surface area contributed by atoms with Gasteiger partial charge in [0.25, 0.3) is 11.8 Å². The summed E-state index contributed by atoms with van der Waals surface area (Å²) in [6, 6.07) is 14.7. The summed E-state index contributed by atoms with van der Waals surface area (Å²) in [5.74, 6) is -7.93. The Hall–Kier alpha value is -6.34. The zero-order valence-electron chi connectivity index (χ0n) is 35.0. The van der Waals surface area contributed by atoms with Crippen LogP contribution in [0.4, 0.5) is 17.6 Å². The first-order valence-electron chi connectivity index (χ1n) is 19.6. The van der Waals surface area contributed by atoms with Crippen molar-refractivity contribution in [3.05, 3.63) is 118 Å². The van der Waals surface area contributed by atoms with Crippen LogP contribution in [0.5, 0.6) is 23.0 Å². The Labute approximate surface area is 375 Å². The summed E-state index contributed by atoms with van der Waals surface area (Å²) in [6.45, 7) is 7.01. The third kappa shape index (κ3) is 14.6. The molecule has 0 spiro atoms. The minimum Gasteiger partial charge on any atom is -0.593 e. The highest BCUT2D eigenvalue weighted by Gasteiger charge is 2.21. The van der Waals surface area contributed by atoms with E-state index in [-0.39, 0.29) is 45.2 Å². The van der Waals surface area contributed by atoms with Gasteiger partial charge in [-0.2, -0.15) is 9.98 Å². The van der Waals surface area contributed by atoms with Gasteiger partial charge in [-0.15, -0.1) is 4.72 Å². The Bertz CT molecular complexity index is 2550. The standard InChI is InChI=1S/C42H46F4N10O7S2/c1-25(39(57)53-41(47)48)19-27-21-33(43)37(34(44)22-27)62-29-3-7-31(8-4-29)64(59)51-11-13-55-15-17-56(18-16-55)14-12-52-65(60,61)32-9-5-30(6-10-32)63-38-35(45)23-28(24-36(38)46)20-26(2)40(58)54-42(49)50/h3-10,19-24,51-52H,11-18H2,1-2H3,(H4,47,48,53,57)(H4,49,50,54,58)/b25-19+,26-20+. The number of amides is 2. The summed E-state index contributed by atoms with van der Waals surface area (Å²) in [5.41, 5.74) is 20.9. The third-order valence-electron chi connectivity index (χ3n) is 9.40. The summed E-state index contributed by atoms with van der Waals surface area (Å²) in [7, 11) is -3.93. The number of nitrogens with two attached hydrogens (primary N) is 4. The highest BCUT2D eigenvalue weighted by Crippen LogP contribution is 2.32. The average molecular weight is 943 g/mol. The zero-order chi connectivity index (χ0) is 47.4. The molecule has 10 N–H and O–H groups in total. The van der Waals surface area contributed by atoms with Crippen molar-refractivity contribution in [3.8, 4) is 23.0 Å². The molecule has 1 atom stereocenters. The average Bonchev–Trinajstić information content (AvgIpc) is 3.24. The molecule has 2 amide bonds. The number of aliphatic imine (C=N–C) groups is 2. The van der Waals surface area contributed by atoms with E-state index in [0.29, 0.717) is 50.7 Å². The SMILES string of the molecule is C/C(=C\c1cc(F)c(Oc2ccc([S+]([O-])NCCN3CCN(CCNS(=O)(=O)c4ccc(Oc5c(F)cc(/C=C(\C)C(=O)N=C(N)N)cc5F)cc4)CC3)cc2)c(F)c1)C(=O)N=C(N)N. The predicted octanol–water partition coefficient (Wildman–Crippen LogP) is 3.44. The number of carbonyl (C=O) groups excluding carboxylic acids is 2. The maximum atomic E-state index is 14.8. The van der Waals surface area contributed by atoms with Gasteiger partial charge in [0.05, 0.1) is 22.8 Å². The maximum Gasteiger partial charge on any atom is 0.275 e. The van der Waals surface area contributed by atoms with Gasteiger partial charge in [0.2, 0.25) is 10.0 Å². The van der Waals surface area contributed by atoms with Crippen molar-refractivity contribution in [2.24, 2.45) is 32.9 Å². The van der Waals surface area contributed by atoms with Gasteiger partial charge in [-0.3, -0.25) is 19.4 Å². The van der Waals surface area contributed by atoms with Gasteiger partial charge in [0, 0.05) is 57.0 Å². The maximum absolute atomic E-state index is 14.8. The van der Waals surface area contributed by atoms with Crippen molar-refractivity contribution in [1.29, 1.82) is 0 Å². The molecular formula is C42H46F4N10O7S2. The van der Waals surface area contributed by atoms with Crippen LogP contribution in [0, 0.1) is 23.3 Å². The van der Waals surface area contributed by atoms with E-state index in [9.17, 15) is 40.1 Å². The van der Waals surface area contributed by atoms with E-state index in [1.807, 2.05) is 0 Å². The first kappa shape index (κ1) is 49.7. The van der Waals surface area contributed by atoms with Crippen molar-refractivity contribution in [2.75, 3.05) is 52.4 Å². The molecule has 23 heteroatoms. The van der Waals surface area contributed by atoms with Crippen LogP contribution in [0.25, 0.3) is 12.2 Å². The van der Waals surface area contributed by atoms with Crippen LogP contribution in [0.1, 0.15) is 25.0 Å². The van der Waals surface area contributed by atoms with E-state index in [1.165, 1.54) is 74.5 Å². The minimum absolute atomic E-state index is 0.0173. The molecule has 1 fully saturated rings. The fourth-order valence-electron chi connectivity index (χ4n) is 6.15. The van der Waals surface area contributed by atoms with Crippen LogP contribution >= 0.6 is 0 Å². The van der Waals surface area contributed by atoms with Crippen LogP contribution in [-0.4, -0.2) is 98.9 Å². The minimum atomic E-state index is -3.93. The molecule has 0 aromatic heterocycles. The number of carbonyl (C=O) groups is 2. The molecule has 0 aliphatic carbocycles. The molecule has 65 heavy (non-hydrogen) atoms. The van der Waals surface area contributed by atoms with E-state index in [4.69, 9.17) is 32.4 Å². The summed E-state index contributed by atoms with van der Waals surface area (Å²) in [6.07, 6.45) is 2.42. The van der Waals surface area contributed by atoms with E-state index >= 15 is 0 Å². The molecule has 1 unspecified atom stereocenters. The second-order valence-electron chi connectivity index (χ2n) is 14.4. The summed E-state index contributed by atoms with van der Waals surface area (Å²) < 4.78 is 114. The molecule has 5 rings (SSSR count). The molecule has 346 valence electrons. The molecule has 1 saturated heterocycles. The number of nitrogens with one attached hydrogen (secondary N) is 2. The molecule has 4 aromatic carbocycles. The Morgan fingerprint density at radius 1 is 0.692 bits per heavy atom. The fraction of sp³-hybridized carbons (Fsp3) is 0.238. The number of piperazine rings is 1. The van der Waals surface area contributed by atoms with Gasteiger partial charge < -0.3 is 37.0 Å². The number of benzene rings is 4. The van der Waals surface area contributed by atoms with Gasteiger partial charge in [0.15, 0.2) is 51.6 Å². The molecule has 1 aliphatic heterocycles. The van der Waals surface area contributed by atoms with Crippen LogP contribution in [0.2, 0.25) is 0 Å². The predicted molar refractivity (Wildman–Crippen MR) is 237 cm³/mol. The lowest BCUT2D eigenvalue weighted by Crippen LogP contribution is -2.49. The van der Waals surface area contributed by atoms with Gasteiger partial charge in [0.1, 0.15) is 11.5 Å². The fourth-order valence-corrected chi connectivity index (χ4v) is 7.99. The lowest BCUT2D eigenvalue weighted by molar-refractivity contribution is -0.115. The number of hydrogen-bond acceptors (Lipinski definition) is 10. The Morgan fingerprint density at radius 2 is 1.08 bits per heavy atom. The summed E-state index contributed by atoms with van der Waals surface area (Å²) in [4.78, 5) is 35.2. The van der Waals surface area contributed by atoms with Crippen LogP contribution in [-0.2, 0) is 31.0 Å². The molecule has 1 heterocycles. The molecule has 0 radical (unpaired) electrons. The largest absolute Gasteiger partial charge is 0.593 e. The number of nitrogens with zero attached hydrogens (tertiary/aromatic N) is 4. The summed E-state index contributed by atoms with van der Waals surface area (Å²) in [5, 5.41) is 0. The number of guanidine groups is 2. The first-order valence-corrected chi connectivity index (χ1v) is 22.2. The molecule has 0 saturated carbocycles. The van der Waals surface area contributed by atoms with Crippen molar-refractivity contribution >= 4 is 57.3 Å². The highest BCUT2D eigenvalue weighted by atomic mass is 32.2. The smallest absolute Gasteiger partial charge is 0.275 e. The second kappa shape index (κ2) is 22.5. The normalized spacial score (nSPS) is 14.4. The molecular weight excluding hydrogens is 897 g/mol. The van der Waals surface area contributed by atoms with Crippen LogP contribution < -0.4 is 41.9 Å². The van der Waals surface area contributed by atoms with Crippen molar-refractivity contribution in [2.45, 2.75) is 23.6 Å². The molecule has 1 aliphatic rings. The van der Waals surface area contributed by atoms with Crippen molar-refractivity contribution in [1.82, 2.24) is 19.2 Å². The summed E-state index contributed by atoms with van der Waals surface area (Å²) >= 11 is -1.59. The van der Waals surface area contributed by atoms with E-state index in [0.717, 1.165) is 24.3 Å². The first-order chi connectivity index (χ1) is 30.8. The quantitative estimate of drug-likeness (QED) is 0.0275. The number of hydrogen-bond donors (Lipinski definition) is 6. The number of halogens is 4.